The Labute approximate surface area is 204 Å². The van der Waals surface area contributed by atoms with Crippen LogP contribution in [-0.4, -0.2) is 35.0 Å². The van der Waals surface area contributed by atoms with Crippen molar-refractivity contribution in [1.82, 2.24) is 9.55 Å². The summed E-state index contributed by atoms with van der Waals surface area (Å²) in [6, 6.07) is 10.3. The van der Waals surface area contributed by atoms with Crippen LogP contribution in [0.1, 0.15) is 50.7 Å². The van der Waals surface area contributed by atoms with Crippen molar-refractivity contribution in [2.24, 2.45) is 0 Å². The highest BCUT2D eigenvalue weighted by Gasteiger charge is 2.43. The molecule has 1 amide bonds. The lowest BCUT2D eigenvalue weighted by molar-refractivity contribution is -0.109. The van der Waals surface area contributed by atoms with Crippen LogP contribution >= 0.6 is 11.8 Å². The van der Waals surface area contributed by atoms with Crippen LogP contribution in [0.15, 0.2) is 58.6 Å². The lowest BCUT2D eigenvalue weighted by atomic mass is 10.2. The average molecular weight is 502 g/mol. The highest BCUT2D eigenvalue weighted by atomic mass is 32.2. The second kappa shape index (κ2) is 10.3. The molecule has 1 aromatic carbocycles. The topological polar surface area (TPSA) is 99.5 Å². The number of ether oxygens (including phenoxy) is 1. The second-order valence-corrected chi connectivity index (χ2v) is 15.4. The summed E-state index contributed by atoms with van der Waals surface area (Å²) in [5.74, 6) is 0.338. The van der Waals surface area contributed by atoms with Crippen LogP contribution in [-0.2, 0) is 14.0 Å². The zero-order valence-electron chi connectivity index (χ0n) is 20.3. The van der Waals surface area contributed by atoms with Gasteiger partial charge in [0.2, 0.25) is 0 Å². The fraction of sp³-hybridized carbons (Fsp3) is 0.417. The molecule has 1 aliphatic heterocycles. The molecule has 8 nitrogen and oxygen atoms in total. The molecule has 1 saturated heterocycles. The molecule has 0 spiro atoms. The Morgan fingerprint density at radius 2 is 1.91 bits per heavy atom. The van der Waals surface area contributed by atoms with Gasteiger partial charge in [0.25, 0.3) is 5.91 Å². The first-order chi connectivity index (χ1) is 15.9. The molecule has 182 valence electrons. The number of carbonyl (C=O) groups excluding carboxylic acids is 2. The Kier molecular flexibility index (Phi) is 7.84. The van der Waals surface area contributed by atoms with Gasteiger partial charge in [0.15, 0.2) is 19.7 Å². The predicted molar refractivity (Wildman–Crippen MR) is 136 cm³/mol. The van der Waals surface area contributed by atoms with Crippen LogP contribution < -0.4 is 11.0 Å². The van der Waals surface area contributed by atoms with E-state index in [1.54, 1.807) is 41.9 Å². The normalized spacial score (nSPS) is 19.6. The van der Waals surface area contributed by atoms with Crippen LogP contribution in [0, 0.1) is 0 Å². The number of hydrogen-bond donors (Lipinski definition) is 1. The molecule has 1 aromatic heterocycles. The maximum Gasteiger partial charge on any atom is 0.352 e. The molecule has 2 atom stereocenters. The summed E-state index contributed by atoms with van der Waals surface area (Å²) in [4.78, 5) is 40.7. The summed E-state index contributed by atoms with van der Waals surface area (Å²) in [5, 5.41) is 4.22. The van der Waals surface area contributed by atoms with E-state index in [4.69, 9.17) is 9.16 Å². The molecule has 0 aliphatic carbocycles. The third-order valence-electron chi connectivity index (χ3n) is 6.01. The smallest absolute Gasteiger partial charge is 0.352 e. The Balaban J connectivity index is 1.80. The zero-order chi connectivity index (χ0) is 25.1. The molecule has 10 heteroatoms. The number of amides is 1. The molecule has 0 saturated carbocycles. The van der Waals surface area contributed by atoms with Crippen LogP contribution in [0.5, 0.6) is 0 Å². The van der Waals surface area contributed by atoms with Gasteiger partial charge in [-0.2, -0.15) is 4.98 Å². The van der Waals surface area contributed by atoms with Crippen molar-refractivity contribution in [1.29, 1.82) is 0 Å². The maximum atomic E-state index is 12.8. The molecule has 1 fully saturated rings. The zero-order valence-corrected chi connectivity index (χ0v) is 22.1. The van der Waals surface area contributed by atoms with Crippen LogP contribution in [0.3, 0.4) is 0 Å². The van der Waals surface area contributed by atoms with E-state index in [0.717, 1.165) is 11.8 Å². The van der Waals surface area contributed by atoms with Gasteiger partial charge in [-0.1, -0.05) is 50.7 Å². The summed E-state index contributed by atoms with van der Waals surface area (Å²) in [6.45, 7) is 12.2. The standard InChI is InChI=1S/C24H31N3O5SSi/c1-16(28)33-15-19-18(32-34(5,6)24(2,3)4)14-21(31-19)27-13-12-20(26-23(27)30)25-22(29)17-10-8-7-9-11-17/h7-13,15,18,21H,14H2,1-6H3,(H,25,26,29,30)/t18-,21+/m0/s1. The summed E-state index contributed by atoms with van der Waals surface area (Å²) >= 11 is 1.03. The van der Waals surface area contributed by atoms with Crippen LogP contribution in [0.4, 0.5) is 5.82 Å². The van der Waals surface area contributed by atoms with Crippen molar-refractivity contribution in [2.45, 2.75) is 64.6 Å². The minimum Gasteiger partial charge on any atom is -0.471 e. The number of anilines is 1. The third-order valence-corrected chi connectivity index (χ3v) is 11.2. The van der Waals surface area contributed by atoms with Crippen molar-refractivity contribution in [3.63, 3.8) is 0 Å². The van der Waals surface area contributed by atoms with E-state index < -0.39 is 20.2 Å². The predicted octanol–water partition coefficient (Wildman–Crippen LogP) is 4.93. The van der Waals surface area contributed by atoms with Gasteiger partial charge in [0.1, 0.15) is 17.7 Å². The largest absolute Gasteiger partial charge is 0.471 e. The first-order valence-electron chi connectivity index (χ1n) is 11.0. The van der Waals surface area contributed by atoms with Crippen molar-refractivity contribution >= 4 is 36.9 Å². The minimum absolute atomic E-state index is 0.0130. The number of benzene rings is 1. The van der Waals surface area contributed by atoms with Gasteiger partial charge in [-0.05, 0) is 36.3 Å². The van der Waals surface area contributed by atoms with Gasteiger partial charge in [0.05, 0.1) is 0 Å². The molecule has 1 aliphatic rings. The van der Waals surface area contributed by atoms with E-state index in [-0.39, 0.29) is 28.0 Å². The Bertz CT molecular complexity index is 1140. The van der Waals surface area contributed by atoms with Gasteiger partial charge >= 0.3 is 5.69 Å². The van der Waals surface area contributed by atoms with E-state index in [9.17, 15) is 14.4 Å². The third kappa shape index (κ3) is 6.25. The highest BCUT2D eigenvalue weighted by molar-refractivity contribution is 8.16. The number of thioether (sulfide) groups is 1. The molecule has 34 heavy (non-hydrogen) atoms. The van der Waals surface area contributed by atoms with Crippen molar-refractivity contribution < 1.29 is 18.8 Å². The molecule has 0 bridgehead atoms. The van der Waals surface area contributed by atoms with E-state index in [1.807, 2.05) is 6.07 Å². The molecular formula is C24H31N3O5SSi. The number of rotatable bonds is 6. The quantitative estimate of drug-likeness (QED) is 0.561. The van der Waals surface area contributed by atoms with Crippen LogP contribution in [0.2, 0.25) is 18.1 Å². The van der Waals surface area contributed by atoms with Crippen LogP contribution in [0.25, 0.3) is 0 Å². The number of nitrogens with zero attached hydrogens (tertiary/aromatic N) is 2. The van der Waals surface area contributed by atoms with Gasteiger partial charge in [-0.15, -0.1) is 0 Å². The number of nitrogens with one attached hydrogen (secondary N) is 1. The monoisotopic (exact) mass is 501 g/mol. The van der Waals surface area contributed by atoms with E-state index >= 15 is 0 Å². The number of hydrogen-bond acceptors (Lipinski definition) is 7. The molecular weight excluding hydrogens is 470 g/mol. The molecule has 3 rings (SSSR count). The maximum absolute atomic E-state index is 12.8. The molecule has 0 radical (unpaired) electrons. The minimum atomic E-state index is -2.14. The lowest BCUT2D eigenvalue weighted by Crippen LogP contribution is -2.43. The lowest BCUT2D eigenvalue weighted by Gasteiger charge is -2.38. The van der Waals surface area contributed by atoms with Gasteiger partial charge in [0, 0.05) is 30.5 Å². The fourth-order valence-corrected chi connectivity index (χ4v) is 4.88. The SMILES string of the molecule is CC(=O)SC=C1O[C@@H](n2ccc(NC(=O)c3ccccc3)nc2=O)C[C@@H]1O[Si](C)(C)C(C)(C)C. The average Bonchev–Trinajstić information content (AvgIpc) is 3.13. The summed E-state index contributed by atoms with van der Waals surface area (Å²) in [5.41, 5.74) is -0.0848. The van der Waals surface area contributed by atoms with Gasteiger partial charge in [-0.25, -0.2) is 4.79 Å². The molecule has 1 N–H and O–H groups in total. The molecule has 0 unspecified atom stereocenters. The van der Waals surface area contributed by atoms with Gasteiger partial charge < -0.3 is 14.5 Å². The second-order valence-electron chi connectivity index (χ2n) is 9.63. The number of aromatic nitrogens is 2. The Hall–Kier alpha value is -2.69. The first-order valence-corrected chi connectivity index (χ1v) is 14.8. The Morgan fingerprint density at radius 3 is 2.50 bits per heavy atom. The summed E-state index contributed by atoms with van der Waals surface area (Å²) in [6.07, 6.45) is 0.952. The highest BCUT2D eigenvalue weighted by Crippen LogP contribution is 2.42. The summed E-state index contributed by atoms with van der Waals surface area (Å²) in [7, 11) is -2.14. The number of carbonyl (C=O) groups is 2. The Morgan fingerprint density at radius 1 is 1.24 bits per heavy atom. The summed E-state index contributed by atoms with van der Waals surface area (Å²) < 4.78 is 14.0. The van der Waals surface area contributed by atoms with Crippen molar-refractivity contribution in [3.8, 4) is 0 Å². The molecule has 2 heterocycles. The van der Waals surface area contributed by atoms with E-state index in [1.165, 1.54) is 11.5 Å². The van der Waals surface area contributed by atoms with Gasteiger partial charge in [-0.3, -0.25) is 14.2 Å². The molecule has 2 aromatic rings. The van der Waals surface area contributed by atoms with Crippen molar-refractivity contribution in [2.75, 3.05) is 5.32 Å². The van der Waals surface area contributed by atoms with E-state index in [0.29, 0.717) is 17.7 Å². The fourth-order valence-electron chi connectivity index (χ4n) is 3.11. The van der Waals surface area contributed by atoms with Crippen molar-refractivity contribution in [3.05, 3.63) is 69.8 Å². The van der Waals surface area contributed by atoms with E-state index in [2.05, 4.69) is 44.2 Å². The first kappa shape index (κ1) is 25.9.